The Morgan fingerprint density at radius 1 is 1.10 bits per heavy atom. The molecule has 0 aromatic rings. The average Bonchev–Trinajstić information content (AvgIpc) is 2.29. The fourth-order valence-corrected chi connectivity index (χ4v) is 2.00. The van der Waals surface area contributed by atoms with Crippen LogP contribution in [0.2, 0.25) is 0 Å². The smallest absolute Gasteiger partial charge is 0.311 e. The molecular weight excluding hydrogens is 274 g/mol. The van der Waals surface area contributed by atoms with Crippen LogP contribution in [0.4, 0.5) is 0 Å². The second-order valence-corrected chi connectivity index (χ2v) is 8.10. The molecule has 0 aromatic carbocycles. The Hall–Kier alpha value is -0.550. The highest BCUT2D eigenvalue weighted by molar-refractivity contribution is 7.98. The molecule has 0 fully saturated rings. The van der Waals surface area contributed by atoms with Crippen molar-refractivity contribution in [3.05, 3.63) is 0 Å². The van der Waals surface area contributed by atoms with Crippen molar-refractivity contribution in [1.82, 2.24) is 0 Å². The van der Waals surface area contributed by atoms with Gasteiger partial charge in [-0.2, -0.15) is 11.8 Å². The number of Topliss-reactive ketones (excluding diaryl/α,β-unsaturated/α-hetero) is 1. The van der Waals surface area contributed by atoms with Crippen LogP contribution in [-0.2, 0) is 14.3 Å². The number of carbonyl (C=O) groups is 2. The van der Waals surface area contributed by atoms with Gasteiger partial charge in [-0.1, -0.05) is 20.8 Å². The van der Waals surface area contributed by atoms with E-state index in [0.29, 0.717) is 6.42 Å². The number of ketones is 1. The molecule has 0 saturated heterocycles. The first-order valence-electron chi connectivity index (χ1n) is 6.91. The van der Waals surface area contributed by atoms with E-state index in [1.807, 2.05) is 27.0 Å². The second kappa shape index (κ2) is 7.46. The van der Waals surface area contributed by atoms with Gasteiger partial charge in [-0.05, 0) is 39.2 Å². The van der Waals surface area contributed by atoms with E-state index >= 15 is 0 Å². The maximum absolute atomic E-state index is 12.3. The molecule has 0 aliphatic heterocycles. The van der Waals surface area contributed by atoms with Gasteiger partial charge in [0.25, 0.3) is 0 Å². The third-order valence-electron chi connectivity index (χ3n) is 2.92. The number of ether oxygens (including phenoxy) is 1. The summed E-state index contributed by atoms with van der Waals surface area (Å²) in [5.74, 6) is 0.402. The number of nitrogens with two attached hydrogens (primary N) is 1. The van der Waals surface area contributed by atoms with Crippen LogP contribution >= 0.6 is 11.8 Å². The van der Waals surface area contributed by atoms with Gasteiger partial charge in [-0.3, -0.25) is 9.59 Å². The van der Waals surface area contributed by atoms with Gasteiger partial charge in [0.05, 0.1) is 5.41 Å². The number of rotatable bonds is 6. The van der Waals surface area contributed by atoms with Crippen LogP contribution in [0, 0.1) is 10.8 Å². The molecule has 0 heterocycles. The maximum atomic E-state index is 12.3. The van der Waals surface area contributed by atoms with Gasteiger partial charge in [0, 0.05) is 5.41 Å². The van der Waals surface area contributed by atoms with Crippen molar-refractivity contribution < 1.29 is 14.3 Å². The Kier molecular flexibility index (Phi) is 7.25. The predicted molar refractivity (Wildman–Crippen MR) is 84.8 cm³/mol. The first-order valence-corrected chi connectivity index (χ1v) is 8.30. The molecule has 118 valence electrons. The monoisotopic (exact) mass is 303 g/mol. The van der Waals surface area contributed by atoms with Crippen molar-refractivity contribution in [3.8, 4) is 0 Å². The average molecular weight is 303 g/mol. The van der Waals surface area contributed by atoms with Gasteiger partial charge >= 0.3 is 5.97 Å². The molecule has 0 aliphatic carbocycles. The number of hydrogen-bond acceptors (Lipinski definition) is 5. The first-order chi connectivity index (χ1) is 8.91. The topological polar surface area (TPSA) is 69.4 Å². The number of carbonyl (C=O) groups excluding carboxylic acids is 2. The summed E-state index contributed by atoms with van der Waals surface area (Å²) in [6, 6.07) is -0.770. The predicted octanol–water partition coefficient (Wildman–Crippen LogP) is 2.64. The minimum Gasteiger partial charge on any atom is -0.460 e. The molecule has 2 atom stereocenters. The lowest BCUT2D eigenvalue weighted by Gasteiger charge is -2.30. The summed E-state index contributed by atoms with van der Waals surface area (Å²) in [5.41, 5.74) is 4.91. The van der Waals surface area contributed by atoms with Gasteiger partial charge < -0.3 is 10.5 Å². The summed E-state index contributed by atoms with van der Waals surface area (Å²) in [6.45, 7) is 10.8. The van der Waals surface area contributed by atoms with Crippen LogP contribution in [0.1, 0.15) is 48.0 Å². The molecule has 20 heavy (non-hydrogen) atoms. The van der Waals surface area contributed by atoms with Gasteiger partial charge in [0.1, 0.15) is 12.1 Å². The largest absolute Gasteiger partial charge is 0.460 e. The molecule has 4 nitrogen and oxygen atoms in total. The fourth-order valence-electron chi connectivity index (χ4n) is 1.53. The van der Waals surface area contributed by atoms with E-state index in [1.165, 1.54) is 0 Å². The first kappa shape index (κ1) is 19.4. The third-order valence-corrected chi connectivity index (χ3v) is 3.56. The number of esters is 1. The SMILES string of the molecule is CSCCC(OC(=O)C(C)(C)C)C(N)C(=O)C(C)(C)C. The zero-order valence-corrected chi connectivity index (χ0v) is 14.6. The highest BCUT2D eigenvalue weighted by Gasteiger charge is 2.36. The van der Waals surface area contributed by atoms with Crippen molar-refractivity contribution in [2.45, 2.75) is 60.1 Å². The minimum atomic E-state index is -0.770. The van der Waals surface area contributed by atoms with Crippen molar-refractivity contribution in [2.24, 2.45) is 16.6 Å². The van der Waals surface area contributed by atoms with Crippen LogP contribution in [0.15, 0.2) is 0 Å². The fraction of sp³-hybridized carbons (Fsp3) is 0.867. The molecule has 0 aromatic heterocycles. The van der Waals surface area contributed by atoms with Crippen molar-refractivity contribution in [2.75, 3.05) is 12.0 Å². The molecule has 2 unspecified atom stereocenters. The molecule has 2 N–H and O–H groups in total. The van der Waals surface area contributed by atoms with E-state index < -0.39 is 23.0 Å². The number of hydrogen-bond donors (Lipinski definition) is 1. The van der Waals surface area contributed by atoms with Crippen LogP contribution in [0.25, 0.3) is 0 Å². The highest BCUT2D eigenvalue weighted by Crippen LogP contribution is 2.23. The van der Waals surface area contributed by atoms with E-state index in [-0.39, 0.29) is 11.8 Å². The Morgan fingerprint density at radius 3 is 1.95 bits per heavy atom. The van der Waals surface area contributed by atoms with E-state index in [0.717, 1.165) is 5.75 Å². The maximum Gasteiger partial charge on any atom is 0.311 e. The third kappa shape index (κ3) is 6.27. The van der Waals surface area contributed by atoms with E-state index in [4.69, 9.17) is 10.5 Å². The lowest BCUT2D eigenvalue weighted by Crippen LogP contribution is -2.49. The van der Waals surface area contributed by atoms with Crippen LogP contribution < -0.4 is 5.73 Å². The molecule has 5 heteroatoms. The molecule has 0 saturated carbocycles. The van der Waals surface area contributed by atoms with E-state index in [1.54, 1.807) is 32.5 Å². The summed E-state index contributed by atoms with van der Waals surface area (Å²) in [5, 5.41) is 0. The van der Waals surface area contributed by atoms with Crippen molar-refractivity contribution >= 4 is 23.5 Å². The summed E-state index contributed by atoms with van der Waals surface area (Å²) < 4.78 is 5.50. The van der Waals surface area contributed by atoms with Gasteiger partial charge in [0.2, 0.25) is 0 Å². The van der Waals surface area contributed by atoms with Gasteiger partial charge in [-0.25, -0.2) is 0 Å². The molecule has 0 amide bonds. The van der Waals surface area contributed by atoms with Crippen LogP contribution in [0.3, 0.4) is 0 Å². The zero-order valence-electron chi connectivity index (χ0n) is 13.8. The lowest BCUT2D eigenvalue weighted by molar-refractivity contribution is -0.161. The van der Waals surface area contributed by atoms with Crippen molar-refractivity contribution in [3.63, 3.8) is 0 Å². The molecule has 0 spiro atoms. The van der Waals surface area contributed by atoms with Crippen LogP contribution in [-0.4, -0.2) is 35.9 Å². The molecule has 0 bridgehead atoms. The van der Waals surface area contributed by atoms with Gasteiger partial charge in [0.15, 0.2) is 5.78 Å². The molecule has 0 radical (unpaired) electrons. The van der Waals surface area contributed by atoms with E-state index in [2.05, 4.69) is 0 Å². The summed E-state index contributed by atoms with van der Waals surface area (Å²) >= 11 is 1.64. The Labute approximate surface area is 127 Å². The standard InChI is InChI=1S/C15H29NO3S/c1-14(2,3)12(17)11(16)10(8-9-20-7)19-13(18)15(4,5)6/h10-11H,8-9,16H2,1-7H3. The second-order valence-electron chi connectivity index (χ2n) is 7.12. The zero-order chi connectivity index (χ0) is 16.1. The molecule has 0 aliphatic rings. The summed E-state index contributed by atoms with van der Waals surface area (Å²) in [4.78, 5) is 24.3. The highest BCUT2D eigenvalue weighted by atomic mass is 32.2. The molecule has 0 rings (SSSR count). The van der Waals surface area contributed by atoms with E-state index in [9.17, 15) is 9.59 Å². The Bertz CT molecular complexity index is 342. The Balaban J connectivity index is 4.97. The van der Waals surface area contributed by atoms with Crippen LogP contribution in [0.5, 0.6) is 0 Å². The molecular formula is C15H29NO3S. The van der Waals surface area contributed by atoms with Gasteiger partial charge in [-0.15, -0.1) is 0 Å². The van der Waals surface area contributed by atoms with Crippen molar-refractivity contribution in [1.29, 1.82) is 0 Å². The quantitative estimate of drug-likeness (QED) is 0.764. The minimum absolute atomic E-state index is 0.0784. The normalized spacial score (nSPS) is 15.6. The Morgan fingerprint density at radius 2 is 1.60 bits per heavy atom. The summed E-state index contributed by atoms with van der Waals surface area (Å²) in [7, 11) is 0. The number of thioether (sulfide) groups is 1. The lowest BCUT2D eigenvalue weighted by atomic mass is 9.84. The summed E-state index contributed by atoms with van der Waals surface area (Å²) in [6.07, 6.45) is 2.01.